The van der Waals surface area contributed by atoms with Crippen molar-refractivity contribution in [1.82, 2.24) is 24.9 Å². The van der Waals surface area contributed by atoms with E-state index in [0.717, 1.165) is 0 Å². The van der Waals surface area contributed by atoms with Gasteiger partial charge in [-0.15, -0.1) is 0 Å². The minimum Gasteiger partial charge on any atom is -0.449 e. The van der Waals surface area contributed by atoms with Crippen molar-refractivity contribution < 1.29 is 52.9 Å². The lowest BCUT2D eigenvalue weighted by Crippen LogP contribution is -2.57. The van der Waals surface area contributed by atoms with E-state index in [9.17, 15) is 38.7 Å². The summed E-state index contributed by atoms with van der Waals surface area (Å²) in [4.78, 5) is 90.7. The van der Waals surface area contributed by atoms with Crippen molar-refractivity contribution in [3.63, 3.8) is 0 Å². The number of nitrogens with zero attached hydrogens (tertiary/aromatic N) is 4. The monoisotopic (exact) mass is 745 g/mol. The van der Waals surface area contributed by atoms with E-state index in [1.165, 1.54) is 68.7 Å². The van der Waals surface area contributed by atoms with Crippen molar-refractivity contribution in [3.05, 3.63) is 0 Å². The summed E-state index contributed by atoms with van der Waals surface area (Å²) in [5.41, 5.74) is -2.99. The summed E-state index contributed by atoms with van der Waals surface area (Å²) in [6, 6.07) is -3.29. The van der Waals surface area contributed by atoms with Crippen molar-refractivity contribution in [2.45, 2.75) is 132 Å². The van der Waals surface area contributed by atoms with E-state index in [2.05, 4.69) is 5.32 Å². The number of nitrogens with one attached hydrogen (secondary N) is 1. The third-order valence-electron chi connectivity index (χ3n) is 8.15. The van der Waals surface area contributed by atoms with Gasteiger partial charge in [0.25, 0.3) is 0 Å². The zero-order chi connectivity index (χ0) is 41.9. The van der Waals surface area contributed by atoms with Gasteiger partial charge in [0.1, 0.15) is 29.9 Å². The fraction of sp³-hybridized carbons (Fsp3) is 0.806. The molecule has 16 nitrogen and oxygen atoms in total. The van der Waals surface area contributed by atoms with Crippen LogP contribution in [0.25, 0.3) is 0 Å². The molecular formula is C36H67N5O11. The maximum atomic E-state index is 12.9. The first kappa shape index (κ1) is 50.2. The molecular weight excluding hydrogens is 678 g/mol. The molecule has 0 rings (SSSR count). The Morgan fingerprint density at radius 2 is 0.904 bits per heavy atom. The molecule has 4 atom stereocenters. The summed E-state index contributed by atoms with van der Waals surface area (Å²) in [7, 11) is 7.37. The number of Topliss-reactive ketones (excluding diaryl/α,β-unsaturated/α-hetero) is 2. The van der Waals surface area contributed by atoms with Gasteiger partial charge in [0, 0.05) is 46.1 Å². The number of ketones is 2. The molecule has 0 fully saturated rings. The molecule has 0 bridgehead atoms. The van der Waals surface area contributed by atoms with Crippen molar-refractivity contribution >= 4 is 41.7 Å². The highest BCUT2D eigenvalue weighted by Crippen LogP contribution is 2.28. The van der Waals surface area contributed by atoms with Crippen LogP contribution in [0.2, 0.25) is 0 Å². The Labute approximate surface area is 310 Å². The van der Waals surface area contributed by atoms with E-state index in [1.54, 1.807) is 83.1 Å². The first-order valence-electron chi connectivity index (χ1n) is 17.1. The van der Waals surface area contributed by atoms with Crippen LogP contribution in [0.3, 0.4) is 0 Å². The highest BCUT2D eigenvalue weighted by molar-refractivity contribution is 5.92. The van der Waals surface area contributed by atoms with Crippen LogP contribution in [0, 0.1) is 10.8 Å². The number of likely N-dealkylation sites (N-methyl/N-ethyl adjacent to an activating group) is 4. The van der Waals surface area contributed by atoms with Crippen LogP contribution in [-0.2, 0) is 33.4 Å². The van der Waals surface area contributed by atoms with Gasteiger partial charge in [-0.25, -0.2) is 14.4 Å². The van der Waals surface area contributed by atoms with E-state index in [4.69, 9.17) is 14.2 Å². The van der Waals surface area contributed by atoms with E-state index < -0.39 is 76.3 Å². The van der Waals surface area contributed by atoms with Crippen LogP contribution in [0.15, 0.2) is 0 Å². The molecule has 0 heterocycles. The number of rotatable bonds is 13. The molecule has 52 heavy (non-hydrogen) atoms. The molecule has 2 N–H and O–H groups in total. The fourth-order valence-electron chi connectivity index (χ4n) is 5.34. The third-order valence-corrected chi connectivity index (χ3v) is 8.15. The molecule has 0 aliphatic carbocycles. The molecule has 0 unspecified atom stereocenters. The van der Waals surface area contributed by atoms with Crippen molar-refractivity contribution in [1.29, 1.82) is 0 Å². The van der Waals surface area contributed by atoms with Gasteiger partial charge in [-0.2, -0.15) is 0 Å². The predicted octanol–water partition coefficient (Wildman–Crippen LogP) is 3.72. The molecule has 16 heteroatoms. The Morgan fingerprint density at radius 3 is 1.15 bits per heavy atom. The number of hydrogen-bond donors (Lipinski definition) is 2. The van der Waals surface area contributed by atoms with E-state index in [-0.39, 0.29) is 24.8 Å². The van der Waals surface area contributed by atoms with E-state index >= 15 is 0 Å². The van der Waals surface area contributed by atoms with Crippen molar-refractivity contribution in [2.75, 3.05) is 48.5 Å². The number of hydrogen-bond acceptors (Lipinski definition) is 11. The molecule has 0 saturated heterocycles. The van der Waals surface area contributed by atoms with E-state index in [1.807, 2.05) is 0 Å². The van der Waals surface area contributed by atoms with Gasteiger partial charge in [0.15, 0.2) is 11.6 Å². The van der Waals surface area contributed by atoms with Crippen LogP contribution >= 0.6 is 0 Å². The van der Waals surface area contributed by atoms with Gasteiger partial charge < -0.3 is 34.4 Å². The van der Waals surface area contributed by atoms with Crippen LogP contribution < -0.4 is 5.32 Å². The number of aliphatic hydroxyl groups is 1. The van der Waals surface area contributed by atoms with Crippen LogP contribution in [0.5, 0.6) is 0 Å². The zero-order valence-corrected chi connectivity index (χ0v) is 35.0. The normalized spacial score (nSPS) is 14.2. The Hall–Kier alpha value is -3.95. The maximum Gasteiger partial charge on any atom is 0.410 e. The summed E-state index contributed by atoms with van der Waals surface area (Å²) in [6.45, 7) is 22.9. The highest BCUT2D eigenvalue weighted by Gasteiger charge is 2.42. The van der Waals surface area contributed by atoms with Gasteiger partial charge in [-0.05, 0) is 69.2 Å². The molecule has 0 spiro atoms. The van der Waals surface area contributed by atoms with E-state index in [0.29, 0.717) is 0 Å². The SMILES string of the molecule is CC(=O)[C@@H](N(C)C(=O)[C@@H](C)N(C)C(=O)OC(C)(C)C)C(C)(C)CO.CNC(=O)OCC(C)(C)[C@@H](C(C)=O)N(C)C(=O)[C@@H](C)N(C)C(=O)OC(C)(C)C. The first-order valence-corrected chi connectivity index (χ1v) is 17.1. The molecule has 0 aromatic carbocycles. The lowest BCUT2D eigenvalue weighted by atomic mass is 9.82. The van der Waals surface area contributed by atoms with Gasteiger partial charge in [0.05, 0.1) is 18.7 Å². The number of ether oxygens (including phenoxy) is 3. The fourth-order valence-corrected chi connectivity index (χ4v) is 5.34. The molecule has 0 radical (unpaired) electrons. The Bertz CT molecular complexity index is 1270. The van der Waals surface area contributed by atoms with Gasteiger partial charge in [-0.1, -0.05) is 27.7 Å². The maximum absolute atomic E-state index is 12.9. The summed E-state index contributed by atoms with van der Waals surface area (Å²) < 4.78 is 15.6. The second kappa shape index (κ2) is 19.8. The molecule has 0 aromatic rings. The summed E-state index contributed by atoms with van der Waals surface area (Å²) in [5, 5.41) is 11.9. The lowest BCUT2D eigenvalue weighted by molar-refractivity contribution is -0.145. The van der Waals surface area contributed by atoms with Gasteiger partial charge in [0.2, 0.25) is 11.8 Å². The number of aliphatic hydroxyl groups excluding tert-OH is 1. The quantitative estimate of drug-likeness (QED) is 0.261. The largest absolute Gasteiger partial charge is 0.449 e. The average molecular weight is 746 g/mol. The van der Waals surface area contributed by atoms with Crippen molar-refractivity contribution in [3.8, 4) is 0 Å². The molecule has 0 aliphatic rings. The van der Waals surface area contributed by atoms with Crippen LogP contribution in [-0.4, -0.2) is 150 Å². The smallest absolute Gasteiger partial charge is 0.410 e. The molecule has 0 aromatic heterocycles. The molecule has 5 amide bonds. The number of alkyl carbamates (subject to hydrolysis) is 1. The second-order valence-electron chi connectivity index (χ2n) is 16.4. The Balaban J connectivity index is 0. The summed E-state index contributed by atoms with van der Waals surface area (Å²) in [6.07, 6.45) is -1.87. The minimum absolute atomic E-state index is 0.0647. The molecule has 302 valence electrons. The third kappa shape index (κ3) is 15.7. The number of amides is 5. The highest BCUT2D eigenvalue weighted by atomic mass is 16.6. The molecule has 0 saturated carbocycles. The summed E-state index contributed by atoms with van der Waals surface area (Å²) >= 11 is 0. The Morgan fingerprint density at radius 1 is 0.596 bits per heavy atom. The number of carbonyl (C=O) groups is 7. The van der Waals surface area contributed by atoms with Crippen LogP contribution in [0.1, 0.15) is 96.9 Å². The molecule has 0 aliphatic heterocycles. The van der Waals surface area contributed by atoms with Gasteiger partial charge >= 0.3 is 18.3 Å². The average Bonchev–Trinajstić information content (AvgIpc) is 2.99. The lowest BCUT2D eigenvalue weighted by Gasteiger charge is -2.40. The first-order chi connectivity index (χ1) is 23.2. The number of carbonyl (C=O) groups excluding carboxylic acids is 7. The predicted molar refractivity (Wildman–Crippen MR) is 196 cm³/mol. The van der Waals surface area contributed by atoms with Crippen molar-refractivity contribution in [2.24, 2.45) is 10.8 Å². The van der Waals surface area contributed by atoms with Gasteiger partial charge in [-0.3, -0.25) is 29.0 Å². The second-order valence-corrected chi connectivity index (χ2v) is 16.4. The topological polar surface area (TPSA) is 192 Å². The van der Waals surface area contributed by atoms with Crippen LogP contribution in [0.4, 0.5) is 14.4 Å². The minimum atomic E-state index is -0.850. The summed E-state index contributed by atoms with van der Waals surface area (Å²) in [5.74, 6) is -1.31. The Kier molecular flexibility index (Phi) is 19.1. The standard InChI is InChI=1S/C19H35N3O6.C17H32N2O5/c1-12(21(9)17(26)28-18(3,4)5)15(24)22(10)14(13(2)23)19(6,7)11-27-16(25)20-8;1-11(18(8)15(23)24-16(3,4)5)14(22)19(9)13(12(2)21)17(6,7)10-20/h12,14H,11H2,1-10H3,(H,20,25);11,13,20H,10H2,1-9H3/t12-,14-;11-,13-/m11/s1. The zero-order valence-electron chi connectivity index (χ0n) is 35.0.